The molecule has 1 aromatic heterocycles. The molecule has 19 heavy (non-hydrogen) atoms. The quantitative estimate of drug-likeness (QED) is 0.618. The summed E-state index contributed by atoms with van der Waals surface area (Å²) in [6.45, 7) is 7.17. The Labute approximate surface area is 112 Å². The Kier molecular flexibility index (Phi) is 4.36. The summed E-state index contributed by atoms with van der Waals surface area (Å²) in [6.07, 6.45) is 1.86. The van der Waals surface area contributed by atoms with Gasteiger partial charge in [-0.05, 0) is 31.2 Å². The van der Waals surface area contributed by atoms with Crippen LogP contribution in [0, 0.1) is 0 Å². The predicted molar refractivity (Wildman–Crippen MR) is 76.3 cm³/mol. The molecule has 0 unspecified atom stereocenters. The number of H-pyrrole nitrogens is 1. The van der Waals surface area contributed by atoms with Crippen molar-refractivity contribution < 1.29 is 9.53 Å². The Morgan fingerprint density at radius 2 is 2.26 bits per heavy atom. The fourth-order valence-electron chi connectivity index (χ4n) is 1.78. The molecule has 0 aliphatic heterocycles. The molecule has 4 nitrogen and oxygen atoms in total. The van der Waals surface area contributed by atoms with E-state index in [-0.39, 0.29) is 5.91 Å². The van der Waals surface area contributed by atoms with E-state index >= 15 is 0 Å². The minimum absolute atomic E-state index is 0.0815. The summed E-state index contributed by atoms with van der Waals surface area (Å²) in [5.74, 6) is -0.0815. The van der Waals surface area contributed by atoms with Crippen molar-refractivity contribution in [2.45, 2.75) is 6.92 Å². The first kappa shape index (κ1) is 13.4. The van der Waals surface area contributed by atoms with Crippen molar-refractivity contribution >= 4 is 16.8 Å². The van der Waals surface area contributed by atoms with Gasteiger partial charge in [0.1, 0.15) is 0 Å². The second-order valence-electron chi connectivity index (χ2n) is 4.55. The molecule has 0 saturated carbocycles. The lowest BCUT2D eigenvalue weighted by atomic mass is 10.1. The van der Waals surface area contributed by atoms with Crippen molar-refractivity contribution in [3.05, 3.63) is 48.2 Å². The molecule has 2 N–H and O–H groups in total. The first-order valence-electron chi connectivity index (χ1n) is 6.24. The number of rotatable bonds is 6. The van der Waals surface area contributed by atoms with E-state index in [0.717, 1.165) is 16.5 Å². The molecule has 0 saturated heterocycles. The highest BCUT2D eigenvalue weighted by Crippen LogP contribution is 2.13. The Hall–Kier alpha value is -2.07. The number of hydrogen-bond acceptors (Lipinski definition) is 2. The molecule has 0 bridgehead atoms. The van der Waals surface area contributed by atoms with Crippen LogP contribution in [0.5, 0.6) is 0 Å². The minimum Gasteiger partial charge on any atom is -0.375 e. The van der Waals surface area contributed by atoms with Gasteiger partial charge in [0.25, 0.3) is 5.91 Å². The second kappa shape index (κ2) is 6.20. The molecule has 2 aromatic rings. The van der Waals surface area contributed by atoms with Crippen molar-refractivity contribution in [2.24, 2.45) is 0 Å². The van der Waals surface area contributed by atoms with E-state index in [1.807, 2.05) is 37.4 Å². The molecule has 100 valence electrons. The van der Waals surface area contributed by atoms with E-state index in [1.54, 1.807) is 0 Å². The number of ether oxygens (including phenoxy) is 1. The summed E-state index contributed by atoms with van der Waals surface area (Å²) in [5.41, 5.74) is 2.66. The molecule has 4 heteroatoms. The number of nitrogens with one attached hydrogen (secondary N) is 2. The van der Waals surface area contributed by atoms with E-state index in [1.165, 1.54) is 0 Å². The topological polar surface area (TPSA) is 54.1 Å². The molecule has 0 fully saturated rings. The van der Waals surface area contributed by atoms with Crippen LogP contribution >= 0.6 is 0 Å². The van der Waals surface area contributed by atoms with Crippen LogP contribution in [-0.4, -0.2) is 30.6 Å². The molecule has 0 atom stereocenters. The number of fused-ring (bicyclic) bond motifs is 1. The molecular formula is C15H18N2O2. The third-order valence-electron chi connectivity index (χ3n) is 2.70. The van der Waals surface area contributed by atoms with Crippen LogP contribution < -0.4 is 5.32 Å². The first-order chi connectivity index (χ1) is 9.16. The Morgan fingerprint density at radius 1 is 1.42 bits per heavy atom. The number of hydrogen-bond donors (Lipinski definition) is 2. The predicted octanol–water partition coefficient (Wildman–Crippen LogP) is 2.49. The third-order valence-corrected chi connectivity index (χ3v) is 2.70. The van der Waals surface area contributed by atoms with E-state index in [4.69, 9.17) is 4.74 Å². The van der Waals surface area contributed by atoms with Gasteiger partial charge in [0.2, 0.25) is 0 Å². The zero-order valence-corrected chi connectivity index (χ0v) is 11.0. The lowest BCUT2D eigenvalue weighted by molar-refractivity contribution is 0.0927. The largest absolute Gasteiger partial charge is 0.375 e. The highest BCUT2D eigenvalue weighted by atomic mass is 16.5. The van der Waals surface area contributed by atoms with Crippen LogP contribution in [-0.2, 0) is 4.74 Å². The van der Waals surface area contributed by atoms with Gasteiger partial charge in [0.15, 0.2) is 0 Å². The summed E-state index contributed by atoms with van der Waals surface area (Å²) >= 11 is 0. The molecule has 0 aliphatic rings. The molecule has 1 heterocycles. The molecular weight excluding hydrogens is 240 g/mol. The van der Waals surface area contributed by atoms with Gasteiger partial charge >= 0.3 is 0 Å². The number of benzene rings is 1. The SMILES string of the molecule is C=C(C)COCCNC(=O)c1ccc2[nH]ccc2c1. The fourth-order valence-corrected chi connectivity index (χ4v) is 1.78. The van der Waals surface area contributed by atoms with E-state index in [2.05, 4.69) is 16.9 Å². The summed E-state index contributed by atoms with van der Waals surface area (Å²) in [7, 11) is 0. The smallest absolute Gasteiger partial charge is 0.251 e. The van der Waals surface area contributed by atoms with Crippen molar-refractivity contribution in [3.8, 4) is 0 Å². The molecule has 1 amide bonds. The van der Waals surface area contributed by atoms with Crippen LogP contribution in [0.1, 0.15) is 17.3 Å². The molecule has 1 aromatic carbocycles. The molecule has 2 rings (SSSR count). The average molecular weight is 258 g/mol. The Balaban J connectivity index is 1.84. The van der Waals surface area contributed by atoms with Crippen molar-refractivity contribution in [1.82, 2.24) is 10.3 Å². The maximum Gasteiger partial charge on any atom is 0.251 e. The molecule has 0 radical (unpaired) electrons. The van der Waals surface area contributed by atoms with Gasteiger partial charge in [-0.15, -0.1) is 0 Å². The normalized spacial score (nSPS) is 10.6. The van der Waals surface area contributed by atoms with Crippen LogP contribution in [0.2, 0.25) is 0 Å². The van der Waals surface area contributed by atoms with Gasteiger partial charge in [-0.2, -0.15) is 0 Å². The van der Waals surface area contributed by atoms with Gasteiger partial charge in [-0.3, -0.25) is 4.79 Å². The lowest BCUT2D eigenvalue weighted by Gasteiger charge is -2.06. The summed E-state index contributed by atoms with van der Waals surface area (Å²) in [4.78, 5) is 15.0. The van der Waals surface area contributed by atoms with Gasteiger partial charge in [0, 0.05) is 29.2 Å². The van der Waals surface area contributed by atoms with Crippen LogP contribution in [0.3, 0.4) is 0 Å². The number of carbonyl (C=O) groups is 1. The number of carbonyl (C=O) groups excluding carboxylic acids is 1. The second-order valence-corrected chi connectivity index (χ2v) is 4.55. The van der Waals surface area contributed by atoms with Gasteiger partial charge in [-0.25, -0.2) is 0 Å². The van der Waals surface area contributed by atoms with Crippen molar-refractivity contribution in [1.29, 1.82) is 0 Å². The average Bonchev–Trinajstić information content (AvgIpc) is 2.84. The molecule has 0 aliphatic carbocycles. The zero-order chi connectivity index (χ0) is 13.7. The zero-order valence-electron chi connectivity index (χ0n) is 11.0. The fraction of sp³-hybridized carbons (Fsp3) is 0.267. The standard InChI is InChI=1S/C15H18N2O2/c1-11(2)10-19-8-7-17-15(18)13-3-4-14-12(9-13)5-6-16-14/h3-6,9,16H,1,7-8,10H2,2H3,(H,17,18). The monoisotopic (exact) mass is 258 g/mol. The maximum atomic E-state index is 11.9. The van der Waals surface area contributed by atoms with E-state index < -0.39 is 0 Å². The van der Waals surface area contributed by atoms with E-state index in [0.29, 0.717) is 25.3 Å². The van der Waals surface area contributed by atoms with Gasteiger partial charge in [-0.1, -0.05) is 12.2 Å². The summed E-state index contributed by atoms with van der Waals surface area (Å²) in [5, 5.41) is 3.86. The maximum absolute atomic E-state index is 11.9. The lowest BCUT2D eigenvalue weighted by Crippen LogP contribution is -2.27. The summed E-state index contributed by atoms with van der Waals surface area (Å²) < 4.78 is 5.32. The Bertz CT molecular complexity index is 587. The van der Waals surface area contributed by atoms with Crippen molar-refractivity contribution in [2.75, 3.05) is 19.8 Å². The highest BCUT2D eigenvalue weighted by Gasteiger charge is 2.05. The minimum atomic E-state index is -0.0815. The van der Waals surface area contributed by atoms with Gasteiger partial charge < -0.3 is 15.0 Å². The third kappa shape index (κ3) is 3.69. The Morgan fingerprint density at radius 3 is 3.05 bits per heavy atom. The van der Waals surface area contributed by atoms with E-state index in [9.17, 15) is 4.79 Å². The molecule has 0 spiro atoms. The number of amides is 1. The highest BCUT2D eigenvalue weighted by molar-refractivity contribution is 5.98. The number of aromatic nitrogens is 1. The number of aromatic amines is 1. The van der Waals surface area contributed by atoms with Crippen molar-refractivity contribution in [3.63, 3.8) is 0 Å². The van der Waals surface area contributed by atoms with Gasteiger partial charge in [0.05, 0.1) is 13.2 Å². The van der Waals surface area contributed by atoms with Crippen LogP contribution in [0.4, 0.5) is 0 Å². The first-order valence-corrected chi connectivity index (χ1v) is 6.24. The van der Waals surface area contributed by atoms with Crippen LogP contribution in [0.25, 0.3) is 10.9 Å². The van der Waals surface area contributed by atoms with Crippen LogP contribution in [0.15, 0.2) is 42.6 Å². The summed E-state index contributed by atoms with van der Waals surface area (Å²) in [6, 6.07) is 7.53.